The minimum atomic E-state index is 0.952. The molecule has 0 unspecified atom stereocenters. The third-order valence-corrected chi connectivity index (χ3v) is 1.99. The van der Waals surface area contributed by atoms with Gasteiger partial charge in [-0.15, -0.1) is 0 Å². The van der Waals surface area contributed by atoms with Gasteiger partial charge in [-0.25, -0.2) is 4.68 Å². The van der Waals surface area contributed by atoms with Gasteiger partial charge in [0.05, 0.1) is 0 Å². The van der Waals surface area contributed by atoms with E-state index in [0.29, 0.717) is 0 Å². The van der Waals surface area contributed by atoms with E-state index in [1.165, 1.54) is 5.69 Å². The highest BCUT2D eigenvalue weighted by atomic mass is 15.3. The molecule has 76 valence electrons. The van der Waals surface area contributed by atoms with Gasteiger partial charge in [0.15, 0.2) is 0 Å². The summed E-state index contributed by atoms with van der Waals surface area (Å²) in [6.45, 7) is 5.84. The van der Waals surface area contributed by atoms with E-state index in [1.807, 2.05) is 30.1 Å². The van der Waals surface area contributed by atoms with Crippen molar-refractivity contribution in [3.63, 3.8) is 0 Å². The summed E-state index contributed by atoms with van der Waals surface area (Å²) in [5.41, 5.74) is 1.22. The monoisotopic (exact) mass is 191 g/mol. The summed E-state index contributed by atoms with van der Waals surface area (Å²) in [4.78, 5) is 0. The third kappa shape index (κ3) is 2.25. The molecule has 1 aromatic rings. The topological polar surface area (TPSA) is 29.9 Å². The maximum absolute atomic E-state index is 4.26. The van der Waals surface area contributed by atoms with Crippen molar-refractivity contribution in [3.05, 3.63) is 36.7 Å². The highest BCUT2D eigenvalue weighted by Gasteiger charge is 2.03. The van der Waals surface area contributed by atoms with Gasteiger partial charge < -0.3 is 5.32 Å². The third-order valence-electron chi connectivity index (χ3n) is 1.99. The summed E-state index contributed by atoms with van der Waals surface area (Å²) in [5, 5.41) is 7.36. The molecule has 0 radical (unpaired) electrons. The molecule has 3 nitrogen and oxygen atoms in total. The molecule has 0 spiro atoms. The summed E-state index contributed by atoms with van der Waals surface area (Å²) in [7, 11) is 1.88. The fraction of sp³-hybridized carbons (Fsp3) is 0.364. The highest BCUT2D eigenvalue weighted by Crippen LogP contribution is 2.07. The molecule has 1 N–H and O–H groups in total. The fourth-order valence-corrected chi connectivity index (χ4v) is 1.36. The van der Waals surface area contributed by atoms with E-state index >= 15 is 0 Å². The molecule has 0 aliphatic heterocycles. The first-order valence-corrected chi connectivity index (χ1v) is 4.87. The lowest BCUT2D eigenvalue weighted by Crippen LogP contribution is -2.15. The average molecular weight is 191 g/mol. The van der Waals surface area contributed by atoms with Crippen LogP contribution in [0.25, 0.3) is 5.82 Å². The van der Waals surface area contributed by atoms with Crippen LogP contribution in [0.2, 0.25) is 0 Å². The Balaban J connectivity index is 2.97. The molecule has 1 aromatic heterocycles. The van der Waals surface area contributed by atoms with Crippen LogP contribution >= 0.6 is 0 Å². The molecule has 1 heterocycles. The van der Waals surface area contributed by atoms with Crippen LogP contribution < -0.4 is 5.32 Å². The summed E-state index contributed by atoms with van der Waals surface area (Å²) >= 11 is 0. The Morgan fingerprint density at radius 2 is 2.50 bits per heavy atom. The van der Waals surface area contributed by atoms with Crippen LogP contribution in [0.3, 0.4) is 0 Å². The molecule has 3 heteroatoms. The molecule has 0 aliphatic rings. The van der Waals surface area contributed by atoms with E-state index in [9.17, 15) is 0 Å². The lowest BCUT2D eigenvalue weighted by atomic mass is 10.2. The second kappa shape index (κ2) is 5.27. The molecule has 0 bridgehead atoms. The number of aromatic nitrogens is 2. The van der Waals surface area contributed by atoms with Crippen molar-refractivity contribution in [1.82, 2.24) is 15.1 Å². The Kier molecular flexibility index (Phi) is 3.98. The van der Waals surface area contributed by atoms with Gasteiger partial charge in [-0.2, -0.15) is 5.10 Å². The largest absolute Gasteiger partial charge is 0.373 e. The predicted octanol–water partition coefficient (Wildman–Crippen LogP) is 2.04. The van der Waals surface area contributed by atoms with E-state index in [2.05, 4.69) is 23.9 Å². The van der Waals surface area contributed by atoms with E-state index in [4.69, 9.17) is 0 Å². The zero-order valence-electron chi connectivity index (χ0n) is 8.83. The number of rotatable bonds is 5. The first-order chi connectivity index (χ1) is 6.83. The Morgan fingerprint density at radius 1 is 1.71 bits per heavy atom. The zero-order valence-corrected chi connectivity index (χ0v) is 8.83. The first kappa shape index (κ1) is 10.6. The minimum Gasteiger partial charge on any atom is -0.373 e. The maximum atomic E-state index is 4.26. The summed E-state index contributed by atoms with van der Waals surface area (Å²) in [5.74, 6) is 0.952. The second-order valence-corrected chi connectivity index (χ2v) is 3.02. The van der Waals surface area contributed by atoms with Crippen LogP contribution in [0.15, 0.2) is 31.0 Å². The Labute approximate surface area is 85.1 Å². The summed E-state index contributed by atoms with van der Waals surface area (Å²) in [6, 6.07) is 2.04. The predicted molar refractivity (Wildman–Crippen MR) is 59.8 cm³/mol. The van der Waals surface area contributed by atoms with Crippen LogP contribution in [-0.4, -0.2) is 16.8 Å². The summed E-state index contributed by atoms with van der Waals surface area (Å²) in [6.07, 6.45) is 7.64. The lowest BCUT2D eigenvalue weighted by Gasteiger charge is -2.09. The van der Waals surface area contributed by atoms with Crippen LogP contribution in [0.1, 0.15) is 19.0 Å². The van der Waals surface area contributed by atoms with Gasteiger partial charge in [-0.1, -0.05) is 26.0 Å². The van der Waals surface area contributed by atoms with Crippen LogP contribution in [0.4, 0.5) is 0 Å². The number of hydrogen-bond donors (Lipinski definition) is 1. The normalized spacial score (nSPS) is 11.4. The van der Waals surface area contributed by atoms with Crippen molar-refractivity contribution in [3.8, 4) is 0 Å². The number of hydrogen-bond acceptors (Lipinski definition) is 2. The number of allylic oxidation sites excluding steroid dienone is 2. The van der Waals surface area contributed by atoms with Crippen molar-refractivity contribution in [2.45, 2.75) is 19.8 Å². The maximum Gasteiger partial charge on any atom is 0.127 e. The molecule has 1 rings (SSSR count). The molecular weight excluding hydrogens is 174 g/mol. The molecule has 14 heavy (non-hydrogen) atoms. The highest BCUT2D eigenvalue weighted by molar-refractivity contribution is 5.45. The molecular formula is C11H17N3. The van der Waals surface area contributed by atoms with E-state index in [1.54, 1.807) is 6.08 Å². The molecule has 0 aromatic carbocycles. The SMILES string of the molecule is C=C/C=C(/NC)n1nccc1CCC. The van der Waals surface area contributed by atoms with Gasteiger partial charge in [0, 0.05) is 18.9 Å². The van der Waals surface area contributed by atoms with Crippen molar-refractivity contribution in [1.29, 1.82) is 0 Å². The molecule has 0 aliphatic carbocycles. The van der Waals surface area contributed by atoms with Crippen molar-refractivity contribution < 1.29 is 0 Å². The van der Waals surface area contributed by atoms with Gasteiger partial charge in [-0.05, 0) is 18.6 Å². The number of nitrogens with zero attached hydrogens (tertiary/aromatic N) is 2. The average Bonchev–Trinajstić information content (AvgIpc) is 2.63. The zero-order chi connectivity index (χ0) is 10.4. The van der Waals surface area contributed by atoms with Crippen LogP contribution in [0, 0.1) is 0 Å². The molecule has 0 saturated carbocycles. The summed E-state index contributed by atoms with van der Waals surface area (Å²) < 4.78 is 1.91. The van der Waals surface area contributed by atoms with Crippen LogP contribution in [0.5, 0.6) is 0 Å². The molecule has 0 fully saturated rings. The van der Waals surface area contributed by atoms with E-state index in [-0.39, 0.29) is 0 Å². The Hall–Kier alpha value is -1.51. The molecule has 0 amide bonds. The quantitative estimate of drug-likeness (QED) is 0.722. The fourth-order valence-electron chi connectivity index (χ4n) is 1.36. The van der Waals surface area contributed by atoms with E-state index < -0.39 is 0 Å². The standard InChI is InChI=1S/C11H17N3/c1-4-6-10-8-9-13-14(10)11(12-3)7-5-2/h5,7-9,12H,2,4,6H2,1,3H3/b11-7-. The van der Waals surface area contributed by atoms with Gasteiger partial charge >= 0.3 is 0 Å². The second-order valence-electron chi connectivity index (χ2n) is 3.02. The van der Waals surface area contributed by atoms with Crippen molar-refractivity contribution in [2.24, 2.45) is 0 Å². The van der Waals surface area contributed by atoms with Gasteiger partial charge in [0.2, 0.25) is 0 Å². The molecule has 0 atom stereocenters. The Bertz CT molecular complexity index is 323. The van der Waals surface area contributed by atoms with Gasteiger partial charge in [0.25, 0.3) is 0 Å². The van der Waals surface area contributed by atoms with Crippen molar-refractivity contribution >= 4 is 5.82 Å². The van der Waals surface area contributed by atoms with Gasteiger partial charge in [-0.3, -0.25) is 0 Å². The van der Waals surface area contributed by atoms with E-state index in [0.717, 1.165) is 18.7 Å². The first-order valence-electron chi connectivity index (χ1n) is 4.87. The number of aryl methyl sites for hydroxylation is 1. The molecule has 0 saturated heterocycles. The minimum absolute atomic E-state index is 0.952. The number of nitrogens with one attached hydrogen (secondary N) is 1. The van der Waals surface area contributed by atoms with Gasteiger partial charge in [0.1, 0.15) is 5.82 Å². The Morgan fingerprint density at radius 3 is 3.07 bits per heavy atom. The van der Waals surface area contributed by atoms with Crippen molar-refractivity contribution in [2.75, 3.05) is 7.05 Å². The van der Waals surface area contributed by atoms with Crippen LogP contribution in [-0.2, 0) is 6.42 Å². The lowest BCUT2D eigenvalue weighted by molar-refractivity contribution is 0.756. The smallest absolute Gasteiger partial charge is 0.127 e.